The van der Waals surface area contributed by atoms with Crippen molar-refractivity contribution in [2.75, 3.05) is 6.61 Å². The van der Waals surface area contributed by atoms with Crippen molar-refractivity contribution in [1.82, 2.24) is 0 Å². The lowest BCUT2D eigenvalue weighted by Gasteiger charge is -2.28. The average molecular weight is 258 g/mol. The normalized spacial score (nSPS) is 22.8. The molecule has 1 aromatic carbocycles. The van der Waals surface area contributed by atoms with Gasteiger partial charge < -0.3 is 4.74 Å². The van der Waals surface area contributed by atoms with E-state index in [2.05, 4.69) is 0 Å². The number of ketones is 1. The third-order valence-corrected chi connectivity index (χ3v) is 3.39. The van der Waals surface area contributed by atoms with Gasteiger partial charge in [0, 0.05) is 6.42 Å². The Morgan fingerprint density at radius 2 is 2.00 bits per heavy atom. The quantitative estimate of drug-likeness (QED) is 0.783. The van der Waals surface area contributed by atoms with Gasteiger partial charge in [0.25, 0.3) is 0 Å². The lowest BCUT2D eigenvalue weighted by Crippen LogP contribution is -2.30. The molecular weight excluding hydrogens is 240 g/mol. The van der Waals surface area contributed by atoms with Crippen molar-refractivity contribution in [3.8, 4) is 0 Å². The molecule has 2 unspecified atom stereocenters. The van der Waals surface area contributed by atoms with E-state index in [9.17, 15) is 9.59 Å². The van der Waals surface area contributed by atoms with Crippen molar-refractivity contribution >= 4 is 17.3 Å². The van der Waals surface area contributed by atoms with Crippen LogP contribution in [-0.4, -0.2) is 18.4 Å². The number of carbonyl (C=O) groups excluding carboxylic acids is 2. The Kier molecular flexibility index (Phi) is 4.15. The zero-order chi connectivity index (χ0) is 13.8. The van der Waals surface area contributed by atoms with E-state index in [4.69, 9.17) is 4.74 Å². The number of esters is 1. The predicted molar refractivity (Wildman–Crippen MR) is 73.3 cm³/mol. The molecule has 0 amide bonds. The van der Waals surface area contributed by atoms with Gasteiger partial charge in [-0.3, -0.25) is 9.59 Å². The first-order valence-corrected chi connectivity index (χ1v) is 6.60. The van der Waals surface area contributed by atoms with Gasteiger partial charge in [-0.2, -0.15) is 0 Å². The van der Waals surface area contributed by atoms with E-state index in [-0.39, 0.29) is 23.6 Å². The molecule has 1 aliphatic carbocycles. The van der Waals surface area contributed by atoms with E-state index < -0.39 is 0 Å². The summed E-state index contributed by atoms with van der Waals surface area (Å²) in [4.78, 5) is 23.9. The number of ether oxygens (including phenoxy) is 1. The maximum atomic E-state index is 12.1. The minimum absolute atomic E-state index is 0.0215. The zero-order valence-electron chi connectivity index (χ0n) is 11.3. The highest BCUT2D eigenvalue weighted by molar-refractivity contribution is 6.04. The lowest BCUT2D eigenvalue weighted by molar-refractivity contribution is -0.147. The topological polar surface area (TPSA) is 43.4 Å². The van der Waals surface area contributed by atoms with Gasteiger partial charge in [-0.1, -0.05) is 37.3 Å². The van der Waals surface area contributed by atoms with Gasteiger partial charge in [0.2, 0.25) is 0 Å². The van der Waals surface area contributed by atoms with Crippen molar-refractivity contribution in [3.63, 3.8) is 0 Å². The molecule has 2 rings (SSSR count). The van der Waals surface area contributed by atoms with Gasteiger partial charge >= 0.3 is 5.97 Å². The Balaban J connectivity index is 2.40. The SMILES string of the molecule is CCOC(=O)C1C(c2ccccc2)=CC(=O)CC1C. The van der Waals surface area contributed by atoms with Crippen LogP contribution in [-0.2, 0) is 14.3 Å². The molecule has 1 aromatic rings. The van der Waals surface area contributed by atoms with Crippen molar-refractivity contribution in [2.45, 2.75) is 20.3 Å². The molecule has 19 heavy (non-hydrogen) atoms. The summed E-state index contributed by atoms with van der Waals surface area (Å²) in [5.74, 6) is -0.531. The van der Waals surface area contributed by atoms with E-state index in [0.29, 0.717) is 13.0 Å². The standard InChI is InChI=1S/C16H18O3/c1-3-19-16(18)15-11(2)9-13(17)10-14(15)12-7-5-4-6-8-12/h4-8,10-11,15H,3,9H2,1-2H3. The van der Waals surface area contributed by atoms with Gasteiger partial charge in [0.1, 0.15) is 0 Å². The maximum Gasteiger partial charge on any atom is 0.313 e. The van der Waals surface area contributed by atoms with Crippen LogP contribution in [0.5, 0.6) is 0 Å². The molecule has 0 saturated carbocycles. The molecule has 0 N–H and O–H groups in total. The fourth-order valence-electron chi connectivity index (χ4n) is 2.55. The summed E-state index contributed by atoms with van der Waals surface area (Å²) in [6.07, 6.45) is 2.00. The van der Waals surface area contributed by atoms with Gasteiger partial charge in [0.05, 0.1) is 12.5 Å². The minimum Gasteiger partial charge on any atom is -0.466 e. The molecule has 3 nitrogen and oxygen atoms in total. The van der Waals surface area contributed by atoms with Crippen molar-refractivity contribution in [3.05, 3.63) is 42.0 Å². The Hall–Kier alpha value is -1.90. The molecule has 2 atom stereocenters. The highest BCUT2D eigenvalue weighted by Crippen LogP contribution is 2.36. The highest BCUT2D eigenvalue weighted by Gasteiger charge is 2.35. The first kappa shape index (κ1) is 13.5. The number of benzene rings is 1. The summed E-state index contributed by atoms with van der Waals surface area (Å²) in [7, 11) is 0. The molecule has 0 aliphatic heterocycles. The molecule has 0 aromatic heterocycles. The van der Waals surface area contributed by atoms with Crippen molar-refractivity contribution in [2.24, 2.45) is 11.8 Å². The van der Waals surface area contributed by atoms with Crippen molar-refractivity contribution in [1.29, 1.82) is 0 Å². The molecule has 0 fully saturated rings. The fraction of sp³-hybridized carbons (Fsp3) is 0.375. The van der Waals surface area contributed by atoms with E-state index in [0.717, 1.165) is 11.1 Å². The lowest BCUT2D eigenvalue weighted by atomic mass is 9.76. The Labute approximate surface area is 113 Å². The predicted octanol–water partition coefficient (Wildman–Crippen LogP) is 2.86. The third-order valence-electron chi connectivity index (χ3n) is 3.39. The Morgan fingerprint density at radius 1 is 1.32 bits per heavy atom. The van der Waals surface area contributed by atoms with Crippen LogP contribution in [0, 0.1) is 11.8 Å². The molecular formula is C16H18O3. The van der Waals surface area contributed by atoms with Crippen LogP contribution >= 0.6 is 0 Å². The molecule has 3 heteroatoms. The van der Waals surface area contributed by atoms with E-state index in [1.807, 2.05) is 37.3 Å². The molecule has 0 saturated heterocycles. The van der Waals surface area contributed by atoms with Crippen LogP contribution in [0.15, 0.2) is 36.4 Å². The van der Waals surface area contributed by atoms with Gasteiger partial charge in [0.15, 0.2) is 5.78 Å². The summed E-state index contributed by atoms with van der Waals surface area (Å²) >= 11 is 0. The van der Waals surface area contributed by atoms with Crippen LogP contribution in [0.1, 0.15) is 25.8 Å². The Morgan fingerprint density at radius 3 is 2.63 bits per heavy atom. The molecule has 0 bridgehead atoms. The average Bonchev–Trinajstić information content (AvgIpc) is 2.39. The van der Waals surface area contributed by atoms with E-state index in [1.54, 1.807) is 13.0 Å². The van der Waals surface area contributed by atoms with Crippen LogP contribution in [0.25, 0.3) is 5.57 Å². The molecule has 0 spiro atoms. The minimum atomic E-state index is -0.347. The largest absolute Gasteiger partial charge is 0.466 e. The number of carbonyl (C=O) groups is 2. The summed E-state index contributed by atoms with van der Waals surface area (Å²) in [6.45, 7) is 4.08. The fourth-order valence-corrected chi connectivity index (χ4v) is 2.55. The van der Waals surface area contributed by atoms with Gasteiger partial charge in [-0.05, 0) is 30.1 Å². The zero-order valence-corrected chi connectivity index (χ0v) is 11.3. The van der Waals surface area contributed by atoms with Crippen molar-refractivity contribution < 1.29 is 14.3 Å². The second-order valence-corrected chi connectivity index (χ2v) is 4.84. The second kappa shape index (κ2) is 5.83. The summed E-state index contributed by atoms with van der Waals surface area (Å²) in [5, 5.41) is 0. The van der Waals surface area contributed by atoms with Crippen LogP contribution in [0.2, 0.25) is 0 Å². The number of allylic oxidation sites excluding steroid dienone is 1. The van der Waals surface area contributed by atoms with Gasteiger partial charge in [-0.25, -0.2) is 0 Å². The summed E-state index contributed by atoms with van der Waals surface area (Å²) < 4.78 is 5.15. The molecule has 100 valence electrons. The smallest absolute Gasteiger partial charge is 0.313 e. The maximum absolute atomic E-state index is 12.1. The second-order valence-electron chi connectivity index (χ2n) is 4.84. The van der Waals surface area contributed by atoms with Crippen LogP contribution < -0.4 is 0 Å². The summed E-state index contributed by atoms with van der Waals surface area (Å²) in [5.41, 5.74) is 1.70. The Bertz CT molecular complexity index is 502. The van der Waals surface area contributed by atoms with E-state index in [1.165, 1.54) is 0 Å². The molecule has 1 aliphatic rings. The molecule has 0 radical (unpaired) electrons. The number of hydrogen-bond donors (Lipinski definition) is 0. The monoisotopic (exact) mass is 258 g/mol. The van der Waals surface area contributed by atoms with Crippen LogP contribution in [0.4, 0.5) is 0 Å². The first-order valence-electron chi connectivity index (χ1n) is 6.60. The number of rotatable bonds is 3. The summed E-state index contributed by atoms with van der Waals surface area (Å²) in [6, 6.07) is 9.56. The van der Waals surface area contributed by atoms with Gasteiger partial charge in [-0.15, -0.1) is 0 Å². The van der Waals surface area contributed by atoms with E-state index >= 15 is 0 Å². The highest BCUT2D eigenvalue weighted by atomic mass is 16.5. The number of hydrogen-bond acceptors (Lipinski definition) is 3. The first-order chi connectivity index (χ1) is 9.13. The molecule has 0 heterocycles. The third kappa shape index (κ3) is 2.92. The van der Waals surface area contributed by atoms with Crippen LogP contribution in [0.3, 0.4) is 0 Å².